The molecule has 0 aliphatic rings. The Morgan fingerprint density at radius 2 is 1.88 bits per heavy atom. The molecule has 0 bridgehead atoms. The molecule has 0 spiro atoms. The Balaban J connectivity index is 2.99. The topological polar surface area (TPSA) is 89.3 Å². The van der Waals surface area contributed by atoms with Crippen molar-refractivity contribution in [1.29, 1.82) is 0 Å². The lowest BCUT2D eigenvalue weighted by molar-refractivity contribution is -0.123. The first-order valence-electron chi connectivity index (χ1n) is 5.05. The summed E-state index contributed by atoms with van der Waals surface area (Å²) in [7, 11) is -3.75. The molecule has 1 aromatic rings. The summed E-state index contributed by atoms with van der Waals surface area (Å²) in [6.45, 7) is 5.31. The van der Waals surface area contributed by atoms with Crippen molar-refractivity contribution in [2.45, 2.75) is 25.7 Å². The van der Waals surface area contributed by atoms with E-state index in [0.717, 1.165) is 0 Å². The van der Waals surface area contributed by atoms with E-state index >= 15 is 0 Å². The van der Waals surface area contributed by atoms with Crippen LogP contribution in [0.3, 0.4) is 0 Å². The fraction of sp³-hybridized carbons (Fsp3) is 0.364. The molecule has 0 aliphatic heterocycles. The van der Waals surface area contributed by atoms with Crippen LogP contribution < -0.4 is 10.5 Å². The number of primary sulfonamides is 1. The van der Waals surface area contributed by atoms with Crippen molar-refractivity contribution < 1.29 is 13.2 Å². The van der Waals surface area contributed by atoms with Crippen LogP contribution in [0.5, 0.6) is 0 Å². The van der Waals surface area contributed by atoms with Gasteiger partial charge in [-0.2, -0.15) is 0 Å². The maximum Gasteiger partial charge on any atom is 0.238 e. The number of carbonyl (C=O) groups is 1. The van der Waals surface area contributed by atoms with Crippen molar-refractivity contribution in [1.82, 2.24) is 0 Å². The number of anilines is 1. The molecule has 0 fully saturated rings. The Hall–Kier alpha value is -1.40. The number of rotatable bonds is 2. The van der Waals surface area contributed by atoms with E-state index in [0.29, 0.717) is 5.69 Å². The zero-order valence-corrected chi connectivity index (χ0v) is 10.8. The van der Waals surface area contributed by atoms with Gasteiger partial charge in [-0.3, -0.25) is 4.79 Å². The minimum absolute atomic E-state index is 0.0239. The smallest absolute Gasteiger partial charge is 0.238 e. The highest BCUT2D eigenvalue weighted by Gasteiger charge is 2.21. The second kappa shape index (κ2) is 4.46. The second-order valence-corrected chi connectivity index (χ2v) is 6.34. The van der Waals surface area contributed by atoms with Crippen molar-refractivity contribution in [3.8, 4) is 0 Å². The van der Waals surface area contributed by atoms with E-state index < -0.39 is 15.4 Å². The first kappa shape index (κ1) is 13.7. The van der Waals surface area contributed by atoms with Crippen LogP contribution in [0.2, 0.25) is 0 Å². The molecule has 0 radical (unpaired) electrons. The third-order valence-electron chi connectivity index (χ3n) is 2.10. The molecule has 0 saturated carbocycles. The number of benzene rings is 1. The average Bonchev–Trinajstić information content (AvgIpc) is 2.15. The average molecular weight is 256 g/mol. The van der Waals surface area contributed by atoms with Crippen LogP contribution in [0.4, 0.5) is 5.69 Å². The number of carbonyl (C=O) groups excluding carboxylic acids is 1. The summed E-state index contributed by atoms with van der Waals surface area (Å²) >= 11 is 0. The van der Waals surface area contributed by atoms with E-state index in [-0.39, 0.29) is 10.8 Å². The molecule has 0 heterocycles. The highest BCUT2D eigenvalue weighted by molar-refractivity contribution is 7.89. The maximum absolute atomic E-state index is 11.7. The van der Waals surface area contributed by atoms with Gasteiger partial charge in [0.2, 0.25) is 15.9 Å². The quantitative estimate of drug-likeness (QED) is 0.836. The summed E-state index contributed by atoms with van der Waals surface area (Å²) in [6, 6.07) is 5.84. The summed E-state index contributed by atoms with van der Waals surface area (Å²) < 4.78 is 22.3. The van der Waals surface area contributed by atoms with Crippen molar-refractivity contribution in [3.63, 3.8) is 0 Å². The standard InChI is InChI=1S/C11H16N2O3S/c1-11(2,3)10(14)13-8-5-4-6-9(7-8)17(12,15)16/h4-7H,1-3H3,(H,13,14)(H2,12,15,16). The molecule has 6 heteroatoms. The monoisotopic (exact) mass is 256 g/mol. The number of hydrogen-bond acceptors (Lipinski definition) is 3. The van der Waals surface area contributed by atoms with Crippen LogP contribution >= 0.6 is 0 Å². The minimum Gasteiger partial charge on any atom is -0.326 e. The number of nitrogens with two attached hydrogens (primary N) is 1. The summed E-state index contributed by atoms with van der Waals surface area (Å²) in [5, 5.41) is 7.64. The third kappa shape index (κ3) is 3.83. The number of sulfonamides is 1. The summed E-state index contributed by atoms with van der Waals surface area (Å²) in [5.41, 5.74) is -0.131. The van der Waals surface area contributed by atoms with Crippen molar-refractivity contribution in [3.05, 3.63) is 24.3 Å². The molecular formula is C11H16N2O3S. The fourth-order valence-electron chi connectivity index (χ4n) is 1.07. The van der Waals surface area contributed by atoms with Gasteiger partial charge in [0.1, 0.15) is 0 Å². The Kier molecular flexibility index (Phi) is 3.59. The maximum atomic E-state index is 11.7. The van der Waals surface area contributed by atoms with Gasteiger partial charge in [-0.05, 0) is 18.2 Å². The Bertz CT molecular complexity index is 530. The molecule has 0 unspecified atom stereocenters. The van der Waals surface area contributed by atoms with Gasteiger partial charge in [0.25, 0.3) is 0 Å². The lowest BCUT2D eigenvalue weighted by Crippen LogP contribution is -2.27. The molecule has 0 saturated heterocycles. The highest BCUT2D eigenvalue weighted by atomic mass is 32.2. The molecule has 1 amide bonds. The molecule has 94 valence electrons. The van der Waals surface area contributed by atoms with Gasteiger partial charge < -0.3 is 5.32 Å². The Morgan fingerprint density at radius 1 is 1.29 bits per heavy atom. The zero-order valence-electron chi connectivity index (χ0n) is 10.0. The first-order chi connectivity index (χ1) is 7.60. The fourth-order valence-corrected chi connectivity index (χ4v) is 1.63. The molecule has 0 aromatic heterocycles. The number of nitrogens with one attached hydrogen (secondary N) is 1. The van der Waals surface area contributed by atoms with E-state index in [4.69, 9.17) is 5.14 Å². The molecule has 17 heavy (non-hydrogen) atoms. The van der Waals surface area contributed by atoms with Crippen LogP contribution in [0.25, 0.3) is 0 Å². The third-order valence-corrected chi connectivity index (χ3v) is 3.01. The normalized spacial score (nSPS) is 12.2. The van der Waals surface area contributed by atoms with Crippen molar-refractivity contribution in [2.75, 3.05) is 5.32 Å². The molecule has 3 N–H and O–H groups in total. The van der Waals surface area contributed by atoms with Gasteiger partial charge in [0, 0.05) is 11.1 Å². The van der Waals surface area contributed by atoms with E-state index in [9.17, 15) is 13.2 Å². The van der Waals surface area contributed by atoms with Crippen LogP contribution in [0.1, 0.15) is 20.8 Å². The summed E-state index contributed by atoms with van der Waals surface area (Å²) in [5.74, 6) is -0.191. The second-order valence-electron chi connectivity index (χ2n) is 4.78. The van der Waals surface area contributed by atoms with E-state index in [1.54, 1.807) is 26.8 Å². The molecule has 1 rings (SSSR count). The first-order valence-corrected chi connectivity index (χ1v) is 6.59. The highest BCUT2D eigenvalue weighted by Crippen LogP contribution is 2.19. The van der Waals surface area contributed by atoms with Crippen LogP contribution in [-0.4, -0.2) is 14.3 Å². The summed E-state index contributed by atoms with van der Waals surface area (Å²) in [4.78, 5) is 11.7. The lowest BCUT2D eigenvalue weighted by Gasteiger charge is -2.17. The molecule has 0 atom stereocenters. The van der Waals surface area contributed by atoms with E-state index in [2.05, 4.69) is 5.32 Å². The number of amides is 1. The zero-order chi connectivity index (χ0) is 13.3. The molecule has 5 nitrogen and oxygen atoms in total. The van der Waals surface area contributed by atoms with Gasteiger partial charge in [-0.1, -0.05) is 26.8 Å². The van der Waals surface area contributed by atoms with Crippen LogP contribution in [0.15, 0.2) is 29.2 Å². The molecule has 0 aliphatic carbocycles. The SMILES string of the molecule is CC(C)(C)C(=O)Nc1cccc(S(N)(=O)=O)c1. The Morgan fingerprint density at radius 3 is 2.35 bits per heavy atom. The molecule has 1 aromatic carbocycles. The van der Waals surface area contributed by atoms with Gasteiger partial charge in [-0.25, -0.2) is 13.6 Å². The predicted molar refractivity (Wildman–Crippen MR) is 65.9 cm³/mol. The van der Waals surface area contributed by atoms with Crippen molar-refractivity contribution >= 4 is 21.6 Å². The van der Waals surface area contributed by atoms with Gasteiger partial charge in [0.15, 0.2) is 0 Å². The van der Waals surface area contributed by atoms with E-state index in [1.165, 1.54) is 18.2 Å². The number of hydrogen-bond donors (Lipinski definition) is 2. The lowest BCUT2D eigenvalue weighted by atomic mass is 9.95. The largest absolute Gasteiger partial charge is 0.326 e. The van der Waals surface area contributed by atoms with Gasteiger partial charge >= 0.3 is 0 Å². The van der Waals surface area contributed by atoms with Gasteiger partial charge in [-0.15, -0.1) is 0 Å². The minimum atomic E-state index is -3.75. The summed E-state index contributed by atoms with van der Waals surface area (Å²) in [6.07, 6.45) is 0. The predicted octanol–water partition coefficient (Wildman–Crippen LogP) is 1.32. The van der Waals surface area contributed by atoms with Crippen LogP contribution in [0, 0.1) is 5.41 Å². The van der Waals surface area contributed by atoms with E-state index in [1.807, 2.05) is 0 Å². The van der Waals surface area contributed by atoms with Crippen molar-refractivity contribution in [2.24, 2.45) is 10.6 Å². The molecular weight excluding hydrogens is 240 g/mol. The van der Waals surface area contributed by atoms with Crippen LogP contribution in [-0.2, 0) is 14.8 Å². The Labute approximate surface area is 101 Å². The van der Waals surface area contributed by atoms with Gasteiger partial charge in [0.05, 0.1) is 4.90 Å².